The second kappa shape index (κ2) is 4.75. The maximum Gasteiger partial charge on any atom is 0.0556 e. The van der Waals surface area contributed by atoms with Gasteiger partial charge in [-0.1, -0.05) is 23.2 Å². The van der Waals surface area contributed by atoms with Crippen LogP contribution in [-0.4, -0.2) is 18.3 Å². The molecule has 1 aromatic carbocycles. The van der Waals surface area contributed by atoms with Crippen molar-refractivity contribution in [1.82, 2.24) is 5.32 Å². The molecule has 14 heavy (non-hydrogen) atoms. The van der Waals surface area contributed by atoms with E-state index in [-0.39, 0.29) is 0 Å². The lowest BCUT2D eigenvalue weighted by Crippen LogP contribution is -2.09. The predicted molar refractivity (Wildman–Crippen MR) is 63.6 cm³/mol. The van der Waals surface area contributed by atoms with Crippen molar-refractivity contribution >= 4 is 35.0 Å². The number of rotatable bonds is 2. The van der Waals surface area contributed by atoms with Crippen LogP contribution < -0.4 is 5.32 Å². The first-order valence-corrected chi connectivity index (χ1v) is 6.22. The number of halogens is 2. The molecule has 1 N–H and O–H groups in total. The van der Waals surface area contributed by atoms with Crippen molar-refractivity contribution in [3.63, 3.8) is 0 Å². The molecule has 1 aromatic rings. The first kappa shape index (κ1) is 10.6. The maximum absolute atomic E-state index is 6.08. The molecule has 4 heteroatoms. The van der Waals surface area contributed by atoms with E-state index in [4.69, 9.17) is 23.2 Å². The number of benzene rings is 1. The Morgan fingerprint density at radius 1 is 1.36 bits per heavy atom. The Bertz CT molecular complexity index is 324. The summed E-state index contributed by atoms with van der Waals surface area (Å²) in [4.78, 5) is 1.13. The summed E-state index contributed by atoms with van der Waals surface area (Å²) >= 11 is 13.7. The lowest BCUT2D eigenvalue weighted by atomic mass is 10.4. The molecule has 0 amide bonds. The smallest absolute Gasteiger partial charge is 0.0556 e. The van der Waals surface area contributed by atoms with Crippen LogP contribution in [0.2, 0.25) is 10.0 Å². The minimum absolute atomic E-state index is 0.647. The molecule has 1 aliphatic rings. The number of thioether (sulfide) groups is 1. The summed E-state index contributed by atoms with van der Waals surface area (Å²) in [5, 5.41) is 5.44. The molecule has 0 aliphatic carbocycles. The predicted octanol–water partition coefficient (Wildman–Crippen LogP) is 3.45. The average Bonchev–Trinajstić information content (AvgIpc) is 2.62. The third kappa shape index (κ3) is 2.57. The van der Waals surface area contributed by atoms with Crippen LogP contribution in [-0.2, 0) is 0 Å². The Morgan fingerprint density at radius 2 is 2.21 bits per heavy atom. The van der Waals surface area contributed by atoms with E-state index in [9.17, 15) is 0 Å². The molecular formula is C10H11Cl2NS. The molecule has 1 heterocycles. The van der Waals surface area contributed by atoms with Gasteiger partial charge in [-0.25, -0.2) is 0 Å². The van der Waals surface area contributed by atoms with E-state index in [1.807, 2.05) is 23.9 Å². The monoisotopic (exact) mass is 247 g/mol. The lowest BCUT2D eigenvalue weighted by molar-refractivity contribution is 0.858. The van der Waals surface area contributed by atoms with Crippen LogP contribution >= 0.6 is 35.0 Å². The van der Waals surface area contributed by atoms with Crippen LogP contribution in [0.3, 0.4) is 0 Å². The lowest BCUT2D eigenvalue weighted by Gasteiger charge is -2.09. The quantitative estimate of drug-likeness (QED) is 0.860. The fraction of sp³-hybridized carbons (Fsp3) is 0.400. The molecule has 1 saturated heterocycles. The van der Waals surface area contributed by atoms with Crippen molar-refractivity contribution < 1.29 is 0 Å². The SMILES string of the molecule is Clc1ccc(SC2CCNC2)c(Cl)c1. The Morgan fingerprint density at radius 3 is 2.86 bits per heavy atom. The summed E-state index contributed by atoms with van der Waals surface area (Å²) in [7, 11) is 0. The van der Waals surface area contributed by atoms with Gasteiger partial charge in [0.15, 0.2) is 0 Å². The molecule has 0 aromatic heterocycles. The Hall–Kier alpha value is 0.110. The van der Waals surface area contributed by atoms with E-state index < -0.39 is 0 Å². The van der Waals surface area contributed by atoms with Gasteiger partial charge < -0.3 is 5.32 Å². The van der Waals surface area contributed by atoms with E-state index in [1.165, 1.54) is 6.42 Å². The van der Waals surface area contributed by atoms with Crippen molar-refractivity contribution in [2.75, 3.05) is 13.1 Å². The molecule has 0 radical (unpaired) electrons. The zero-order valence-corrected chi connectivity index (χ0v) is 9.92. The molecule has 1 aliphatic heterocycles. The van der Waals surface area contributed by atoms with Crippen LogP contribution in [0.25, 0.3) is 0 Å². The van der Waals surface area contributed by atoms with Gasteiger partial charge >= 0.3 is 0 Å². The second-order valence-corrected chi connectivity index (χ2v) is 5.49. The first-order valence-electron chi connectivity index (χ1n) is 4.58. The van der Waals surface area contributed by atoms with Crippen LogP contribution in [0.1, 0.15) is 6.42 Å². The number of hydrogen-bond donors (Lipinski definition) is 1. The molecule has 1 fully saturated rings. The maximum atomic E-state index is 6.08. The highest BCUT2D eigenvalue weighted by atomic mass is 35.5. The highest BCUT2D eigenvalue weighted by Gasteiger charge is 2.16. The van der Waals surface area contributed by atoms with Gasteiger partial charge in [-0.3, -0.25) is 0 Å². The fourth-order valence-corrected chi connectivity index (χ4v) is 3.14. The van der Waals surface area contributed by atoms with Gasteiger partial charge in [0.05, 0.1) is 5.02 Å². The summed E-state index contributed by atoms with van der Waals surface area (Å²) < 4.78 is 0. The van der Waals surface area contributed by atoms with Crippen molar-refractivity contribution in [1.29, 1.82) is 0 Å². The average molecular weight is 248 g/mol. The van der Waals surface area contributed by atoms with Crippen LogP contribution in [0.4, 0.5) is 0 Å². The topological polar surface area (TPSA) is 12.0 Å². The minimum atomic E-state index is 0.647. The molecule has 0 spiro atoms. The van der Waals surface area contributed by atoms with Gasteiger partial charge in [0.1, 0.15) is 0 Å². The molecule has 0 bridgehead atoms. The largest absolute Gasteiger partial charge is 0.316 e. The fourth-order valence-electron chi connectivity index (χ4n) is 1.48. The molecular weight excluding hydrogens is 237 g/mol. The van der Waals surface area contributed by atoms with Crippen molar-refractivity contribution in [2.24, 2.45) is 0 Å². The van der Waals surface area contributed by atoms with Crippen LogP contribution in [0.5, 0.6) is 0 Å². The summed E-state index contributed by atoms with van der Waals surface area (Å²) in [6.45, 7) is 2.19. The van der Waals surface area contributed by atoms with Crippen molar-refractivity contribution in [3.8, 4) is 0 Å². The second-order valence-electron chi connectivity index (χ2n) is 3.31. The minimum Gasteiger partial charge on any atom is -0.316 e. The number of hydrogen-bond acceptors (Lipinski definition) is 2. The van der Waals surface area contributed by atoms with Gasteiger partial charge in [0.2, 0.25) is 0 Å². The molecule has 1 atom stereocenters. The highest BCUT2D eigenvalue weighted by molar-refractivity contribution is 8.00. The molecule has 1 unspecified atom stereocenters. The van der Waals surface area contributed by atoms with Gasteiger partial charge in [0.25, 0.3) is 0 Å². The molecule has 1 nitrogen and oxygen atoms in total. The van der Waals surface area contributed by atoms with E-state index in [0.29, 0.717) is 10.3 Å². The van der Waals surface area contributed by atoms with Crippen molar-refractivity contribution in [3.05, 3.63) is 28.2 Å². The van der Waals surface area contributed by atoms with Crippen molar-refractivity contribution in [2.45, 2.75) is 16.6 Å². The zero-order valence-electron chi connectivity index (χ0n) is 7.59. The van der Waals surface area contributed by atoms with Gasteiger partial charge in [-0.15, -0.1) is 11.8 Å². The molecule has 2 rings (SSSR count). The summed E-state index contributed by atoms with van der Waals surface area (Å²) in [6.07, 6.45) is 1.21. The van der Waals surface area contributed by atoms with Gasteiger partial charge in [-0.2, -0.15) is 0 Å². The number of nitrogens with one attached hydrogen (secondary N) is 1. The standard InChI is InChI=1S/C10H11Cl2NS/c11-7-1-2-10(9(12)5-7)14-8-3-4-13-6-8/h1-2,5,8,13H,3-4,6H2. The van der Waals surface area contributed by atoms with E-state index in [2.05, 4.69) is 5.32 Å². The summed E-state index contributed by atoms with van der Waals surface area (Å²) in [5.74, 6) is 0. The third-order valence-corrected chi connectivity index (χ3v) is 4.21. The molecule has 76 valence electrons. The Kier molecular flexibility index (Phi) is 3.61. The van der Waals surface area contributed by atoms with E-state index >= 15 is 0 Å². The first-order chi connectivity index (χ1) is 6.75. The molecule has 0 saturated carbocycles. The third-order valence-electron chi connectivity index (χ3n) is 2.20. The zero-order chi connectivity index (χ0) is 9.97. The van der Waals surface area contributed by atoms with Crippen LogP contribution in [0.15, 0.2) is 23.1 Å². The highest BCUT2D eigenvalue weighted by Crippen LogP contribution is 2.34. The summed E-state index contributed by atoms with van der Waals surface area (Å²) in [5.41, 5.74) is 0. The summed E-state index contributed by atoms with van der Waals surface area (Å²) in [6, 6.07) is 5.68. The normalized spacial score (nSPS) is 21.4. The Labute approximate surface area is 98.2 Å². The Balaban J connectivity index is 2.08. The van der Waals surface area contributed by atoms with E-state index in [1.54, 1.807) is 6.07 Å². The van der Waals surface area contributed by atoms with Gasteiger partial charge in [-0.05, 0) is 31.2 Å². The van der Waals surface area contributed by atoms with E-state index in [0.717, 1.165) is 23.0 Å². The van der Waals surface area contributed by atoms with Gasteiger partial charge in [0, 0.05) is 21.7 Å². The van der Waals surface area contributed by atoms with Crippen LogP contribution in [0, 0.1) is 0 Å².